The molecule has 12 heteroatoms. The Hall–Kier alpha value is -3.83. The van der Waals surface area contributed by atoms with E-state index in [4.69, 9.17) is 28.1 Å². The van der Waals surface area contributed by atoms with Crippen molar-refractivity contribution in [1.29, 1.82) is 0 Å². The lowest BCUT2D eigenvalue weighted by atomic mass is 10.2. The number of nitrogens with two attached hydrogens (primary N) is 2. The Morgan fingerprint density at radius 2 is 1.77 bits per heavy atom. The Kier molecular flexibility index (Phi) is 8.15. The summed E-state index contributed by atoms with van der Waals surface area (Å²) < 4.78 is 8.59. The van der Waals surface area contributed by atoms with Gasteiger partial charge in [-0.15, -0.1) is 0 Å². The van der Waals surface area contributed by atoms with Crippen LogP contribution in [0.3, 0.4) is 0 Å². The van der Waals surface area contributed by atoms with Gasteiger partial charge in [-0.05, 0) is 62.2 Å². The van der Waals surface area contributed by atoms with Crippen molar-refractivity contribution in [3.05, 3.63) is 85.2 Å². The molecular formula is C23H27ClN6O5. The van der Waals surface area contributed by atoms with Crippen molar-refractivity contribution in [2.45, 2.75) is 46.4 Å². The van der Waals surface area contributed by atoms with Crippen molar-refractivity contribution < 1.29 is 14.4 Å². The minimum atomic E-state index is -0.845. The Balaban J connectivity index is 2.19. The number of hydrogen-bond acceptors (Lipinski definition) is 8. The molecule has 35 heavy (non-hydrogen) atoms. The van der Waals surface area contributed by atoms with Crippen LogP contribution in [0.5, 0.6) is 5.75 Å². The van der Waals surface area contributed by atoms with E-state index in [-0.39, 0.29) is 31.2 Å². The minimum Gasteiger partial charge on any atom is -0.491 e. The summed E-state index contributed by atoms with van der Waals surface area (Å²) in [5.74, 6) is 10.9. The van der Waals surface area contributed by atoms with Crippen LogP contribution in [0, 0.1) is 6.92 Å². The van der Waals surface area contributed by atoms with Crippen molar-refractivity contribution >= 4 is 23.3 Å². The number of ether oxygens (including phenoxy) is 1. The van der Waals surface area contributed by atoms with Gasteiger partial charge in [0.15, 0.2) is 0 Å². The molecule has 2 aromatic carbocycles. The second-order valence-corrected chi connectivity index (χ2v) is 8.50. The summed E-state index contributed by atoms with van der Waals surface area (Å²) in [7, 11) is 0. The number of rotatable bonds is 8. The molecule has 0 saturated carbocycles. The van der Waals surface area contributed by atoms with Crippen LogP contribution < -0.4 is 33.5 Å². The molecule has 11 nitrogen and oxygen atoms in total. The summed E-state index contributed by atoms with van der Waals surface area (Å²) in [6, 6.07) is 12.1. The molecule has 1 heterocycles. The molecule has 3 rings (SSSR count). The third-order valence-electron chi connectivity index (χ3n) is 5.03. The molecule has 0 fully saturated rings. The van der Waals surface area contributed by atoms with E-state index < -0.39 is 17.3 Å². The van der Waals surface area contributed by atoms with Gasteiger partial charge in [-0.25, -0.2) is 19.1 Å². The van der Waals surface area contributed by atoms with Crippen LogP contribution in [0.2, 0.25) is 5.02 Å². The van der Waals surface area contributed by atoms with Crippen LogP contribution in [0.15, 0.2) is 57.0 Å². The predicted molar refractivity (Wildman–Crippen MR) is 131 cm³/mol. The largest absolute Gasteiger partial charge is 0.491 e. The van der Waals surface area contributed by atoms with Gasteiger partial charge in [0.05, 0.1) is 24.8 Å². The summed E-state index contributed by atoms with van der Waals surface area (Å²) >= 11 is 5.98. The smallest absolute Gasteiger partial charge is 0.353 e. The van der Waals surface area contributed by atoms with Crippen molar-refractivity contribution in [2.24, 2.45) is 10.9 Å². The van der Waals surface area contributed by atoms with Crippen molar-refractivity contribution in [1.82, 2.24) is 13.8 Å². The fourth-order valence-corrected chi connectivity index (χ4v) is 3.47. The third kappa shape index (κ3) is 6.19. The number of benzene rings is 2. The topological polar surface area (TPSA) is 149 Å². The van der Waals surface area contributed by atoms with Gasteiger partial charge in [-0.2, -0.15) is 10.6 Å². The highest BCUT2D eigenvalue weighted by molar-refractivity contribution is 6.30. The molecule has 0 bridgehead atoms. The molecule has 0 atom stereocenters. The molecule has 0 amide bonds. The average molecular weight is 503 g/mol. The fourth-order valence-electron chi connectivity index (χ4n) is 3.34. The van der Waals surface area contributed by atoms with Crippen LogP contribution in [0.1, 0.15) is 31.4 Å². The molecule has 0 radical (unpaired) electrons. The number of hydrogen-bond donors (Lipinski definition) is 2. The van der Waals surface area contributed by atoms with Gasteiger partial charge in [0.1, 0.15) is 5.75 Å². The monoisotopic (exact) mass is 502 g/mol. The van der Waals surface area contributed by atoms with E-state index in [1.165, 1.54) is 4.57 Å². The van der Waals surface area contributed by atoms with Gasteiger partial charge in [-0.1, -0.05) is 23.7 Å². The molecule has 0 aliphatic heterocycles. The quantitative estimate of drug-likeness (QED) is 0.349. The van der Waals surface area contributed by atoms with Gasteiger partial charge in [0, 0.05) is 11.6 Å². The first-order valence-corrected chi connectivity index (χ1v) is 11.2. The fraction of sp³-hybridized carbons (Fsp3) is 0.304. The van der Waals surface area contributed by atoms with Crippen LogP contribution in [-0.2, 0) is 22.7 Å². The average Bonchev–Trinajstić information content (AvgIpc) is 2.82. The Bertz CT molecular complexity index is 1410. The van der Waals surface area contributed by atoms with Gasteiger partial charge >= 0.3 is 17.3 Å². The number of aryl methyl sites for hydroxylation is 1. The van der Waals surface area contributed by atoms with E-state index in [2.05, 4.69) is 9.83 Å². The first kappa shape index (κ1) is 25.8. The van der Waals surface area contributed by atoms with E-state index in [1.54, 1.807) is 42.5 Å². The van der Waals surface area contributed by atoms with Crippen LogP contribution in [0.4, 0.5) is 5.69 Å². The highest BCUT2D eigenvalue weighted by Gasteiger charge is 2.15. The zero-order valence-electron chi connectivity index (χ0n) is 19.6. The van der Waals surface area contributed by atoms with E-state index in [9.17, 15) is 14.4 Å². The molecule has 0 unspecified atom stereocenters. The molecule has 0 saturated heterocycles. The molecule has 0 spiro atoms. The SMILES string of the molecule is Cc1cc(/N=c2\n(N)c(=O)n(CCC(=O)ON)c(=O)n2Cc2ccc(Cl)cc2)ccc1OC(C)C. The number of aromatic nitrogens is 3. The van der Waals surface area contributed by atoms with Gasteiger partial charge < -0.3 is 15.4 Å². The van der Waals surface area contributed by atoms with E-state index in [0.717, 1.165) is 20.4 Å². The third-order valence-corrected chi connectivity index (χ3v) is 5.28. The lowest BCUT2D eigenvalue weighted by Crippen LogP contribution is -2.57. The lowest BCUT2D eigenvalue weighted by molar-refractivity contribution is -0.144. The number of nitrogen functional groups attached to an aromatic ring is 1. The lowest BCUT2D eigenvalue weighted by Gasteiger charge is -2.14. The molecule has 1 aromatic heterocycles. The molecule has 4 N–H and O–H groups in total. The summed E-state index contributed by atoms with van der Waals surface area (Å²) in [6.45, 7) is 5.48. The highest BCUT2D eigenvalue weighted by Crippen LogP contribution is 2.24. The van der Waals surface area contributed by atoms with Crippen LogP contribution >= 0.6 is 11.6 Å². The maximum atomic E-state index is 13.3. The number of carbonyl (C=O) groups is 1. The molecule has 0 aliphatic carbocycles. The highest BCUT2D eigenvalue weighted by atomic mass is 35.5. The number of nitrogens with zero attached hydrogens (tertiary/aromatic N) is 4. The standard InChI is InChI=1S/C23H27ClN6O5/c1-14(2)34-19-9-8-18(12-15(19)3)27-21-29(13-16-4-6-17(24)7-5-16)22(32)28(23(33)30(21)25)11-10-20(31)35-26/h4-9,12,14H,10-11,13,25-26H2,1-3H3/b27-21-. The summed E-state index contributed by atoms with van der Waals surface area (Å²) in [6.07, 6.45) is -0.295. The summed E-state index contributed by atoms with van der Waals surface area (Å²) in [4.78, 5) is 46.3. The molecule has 186 valence electrons. The van der Waals surface area contributed by atoms with Gasteiger partial charge in [-0.3, -0.25) is 9.36 Å². The first-order chi connectivity index (χ1) is 16.6. The van der Waals surface area contributed by atoms with Crippen molar-refractivity contribution in [3.8, 4) is 5.75 Å². The normalized spacial score (nSPS) is 11.7. The second kappa shape index (κ2) is 11.1. The second-order valence-electron chi connectivity index (χ2n) is 8.07. The van der Waals surface area contributed by atoms with Crippen molar-refractivity contribution in [2.75, 3.05) is 5.84 Å². The van der Waals surface area contributed by atoms with E-state index >= 15 is 0 Å². The Labute approximate surface area is 205 Å². The van der Waals surface area contributed by atoms with Gasteiger partial charge in [0.2, 0.25) is 5.62 Å². The number of carbonyl (C=O) groups excluding carboxylic acids is 1. The summed E-state index contributed by atoms with van der Waals surface area (Å²) in [5, 5.41) is 0.532. The van der Waals surface area contributed by atoms with Crippen LogP contribution in [0.25, 0.3) is 0 Å². The molecule has 0 aliphatic rings. The predicted octanol–water partition coefficient (Wildman–Crippen LogP) is 1.36. The molecular weight excluding hydrogens is 476 g/mol. The maximum Gasteiger partial charge on any atom is 0.353 e. The maximum absolute atomic E-state index is 13.3. The zero-order chi connectivity index (χ0) is 25.7. The van der Waals surface area contributed by atoms with E-state index in [0.29, 0.717) is 16.5 Å². The Morgan fingerprint density at radius 3 is 2.37 bits per heavy atom. The van der Waals surface area contributed by atoms with E-state index in [1.807, 2.05) is 20.8 Å². The Morgan fingerprint density at radius 1 is 1.09 bits per heavy atom. The molecule has 3 aromatic rings. The van der Waals surface area contributed by atoms with Crippen molar-refractivity contribution in [3.63, 3.8) is 0 Å². The first-order valence-electron chi connectivity index (χ1n) is 10.8. The number of halogens is 1. The van der Waals surface area contributed by atoms with Crippen LogP contribution in [-0.4, -0.2) is 25.9 Å². The minimum absolute atomic E-state index is 0.00335. The summed E-state index contributed by atoms with van der Waals surface area (Å²) in [5.41, 5.74) is 0.379. The van der Waals surface area contributed by atoms with Gasteiger partial charge in [0.25, 0.3) is 0 Å². The zero-order valence-corrected chi connectivity index (χ0v) is 20.4.